The lowest BCUT2D eigenvalue weighted by atomic mass is 10.1. The Morgan fingerprint density at radius 2 is 2.00 bits per heavy atom. The average molecular weight is 389 g/mol. The largest absolute Gasteiger partial charge is 0.480 e. The van der Waals surface area contributed by atoms with E-state index in [2.05, 4.69) is 15.6 Å². The van der Waals surface area contributed by atoms with Crippen molar-refractivity contribution in [3.63, 3.8) is 0 Å². The summed E-state index contributed by atoms with van der Waals surface area (Å²) >= 11 is 0. The van der Waals surface area contributed by atoms with Gasteiger partial charge in [0.05, 0.1) is 31.5 Å². The third-order valence-corrected chi connectivity index (χ3v) is 5.53. The van der Waals surface area contributed by atoms with Gasteiger partial charge < -0.3 is 18.9 Å². The summed E-state index contributed by atoms with van der Waals surface area (Å²) < 4.78 is 14.3. The van der Waals surface area contributed by atoms with Crippen LogP contribution < -0.4 is 4.74 Å². The van der Waals surface area contributed by atoms with Gasteiger partial charge in [-0.15, -0.1) is 0 Å². The van der Waals surface area contributed by atoms with Gasteiger partial charge >= 0.3 is 0 Å². The van der Waals surface area contributed by atoms with E-state index in [1.165, 1.54) is 0 Å². The van der Waals surface area contributed by atoms with Crippen molar-refractivity contribution in [3.8, 4) is 5.75 Å². The summed E-state index contributed by atoms with van der Waals surface area (Å²) in [5, 5.41) is 0. The van der Waals surface area contributed by atoms with Crippen LogP contribution >= 0.6 is 0 Å². The van der Waals surface area contributed by atoms with Gasteiger partial charge in [-0.3, -0.25) is 9.78 Å². The maximum absolute atomic E-state index is 13.3. The summed E-state index contributed by atoms with van der Waals surface area (Å²) in [4.78, 5) is 19.5. The number of carbonyl (C=O) groups is 1. The Labute approximate surface area is 169 Å². The normalized spacial score (nSPS) is 20.5. The van der Waals surface area contributed by atoms with E-state index < -0.39 is 6.10 Å². The Hall–Kier alpha value is -3.12. The first-order chi connectivity index (χ1) is 14.3. The molecule has 2 aliphatic rings. The maximum atomic E-state index is 13.3. The van der Waals surface area contributed by atoms with Crippen molar-refractivity contribution in [2.24, 2.45) is 0 Å². The summed E-state index contributed by atoms with van der Waals surface area (Å²) in [5.41, 5.74) is 3.08. The van der Waals surface area contributed by atoms with Crippen LogP contribution in [-0.4, -0.2) is 39.1 Å². The molecule has 0 bridgehead atoms. The third-order valence-electron chi connectivity index (χ3n) is 5.53. The Bertz CT molecular complexity index is 976. The lowest BCUT2D eigenvalue weighted by Gasteiger charge is -2.26. The second kappa shape index (κ2) is 7.72. The highest BCUT2D eigenvalue weighted by Gasteiger charge is 2.35. The number of pyridine rings is 1. The Morgan fingerprint density at radius 1 is 1.10 bits per heavy atom. The number of para-hydroxylation sites is 1. The van der Waals surface area contributed by atoms with Crippen LogP contribution in [0, 0.1) is 0 Å². The zero-order chi connectivity index (χ0) is 19.6. The molecule has 0 N–H and O–H groups in total. The molecule has 0 saturated heterocycles. The number of nitrogens with zero attached hydrogens (tertiary/aromatic N) is 3. The van der Waals surface area contributed by atoms with E-state index in [-0.39, 0.29) is 12.0 Å². The summed E-state index contributed by atoms with van der Waals surface area (Å²) in [6.45, 7) is 2.23. The molecule has 3 aromatic rings. The zero-order valence-corrected chi connectivity index (χ0v) is 16.1. The molecule has 148 valence electrons. The SMILES string of the molecule is O=C([C@@H]1Cc2ccccc2O1)N1Cc2cccn2C[C@@H](OCc2ccccn2)C1. The number of ether oxygens (including phenoxy) is 2. The number of amides is 1. The minimum atomic E-state index is -0.467. The van der Waals surface area contributed by atoms with Gasteiger partial charge in [-0.25, -0.2) is 0 Å². The molecule has 0 saturated carbocycles. The molecule has 0 fully saturated rings. The van der Waals surface area contributed by atoms with Crippen LogP contribution in [0.1, 0.15) is 17.0 Å². The zero-order valence-electron chi connectivity index (χ0n) is 16.1. The number of rotatable bonds is 4. The Balaban J connectivity index is 1.32. The minimum absolute atomic E-state index is 0.0160. The smallest absolute Gasteiger partial charge is 0.264 e. The van der Waals surface area contributed by atoms with E-state index in [1.54, 1.807) is 6.20 Å². The van der Waals surface area contributed by atoms with Gasteiger partial charge in [0, 0.05) is 31.1 Å². The van der Waals surface area contributed by atoms with E-state index >= 15 is 0 Å². The molecule has 6 nitrogen and oxygen atoms in total. The standard InChI is InChI=1S/C23H23N3O3/c27-23(22-12-17-6-1-2-9-21(17)29-22)26-13-19-8-5-11-25(19)14-20(15-26)28-16-18-7-3-4-10-24-18/h1-11,20,22H,12-16H2/t20-,22+/m1/s1. The molecule has 0 unspecified atom stereocenters. The molecule has 0 spiro atoms. The molecular weight excluding hydrogens is 366 g/mol. The molecule has 2 aromatic heterocycles. The molecule has 5 rings (SSSR count). The van der Waals surface area contributed by atoms with E-state index in [0.29, 0.717) is 32.7 Å². The number of fused-ring (bicyclic) bond motifs is 2. The summed E-state index contributed by atoms with van der Waals surface area (Å²) in [5.74, 6) is 0.828. The average Bonchev–Trinajstić information content (AvgIpc) is 3.34. The monoisotopic (exact) mass is 389 g/mol. The molecule has 4 heterocycles. The molecular formula is C23H23N3O3. The molecule has 1 aromatic carbocycles. The molecule has 6 heteroatoms. The highest BCUT2D eigenvalue weighted by atomic mass is 16.5. The van der Waals surface area contributed by atoms with Crippen molar-refractivity contribution in [2.45, 2.75) is 38.3 Å². The summed E-state index contributed by atoms with van der Waals surface area (Å²) in [6.07, 6.45) is 3.85. The maximum Gasteiger partial charge on any atom is 0.264 e. The van der Waals surface area contributed by atoms with E-state index in [1.807, 2.05) is 59.6 Å². The lowest BCUT2D eigenvalue weighted by Crippen LogP contribution is -2.44. The van der Waals surface area contributed by atoms with Crippen LogP contribution in [0.5, 0.6) is 5.75 Å². The van der Waals surface area contributed by atoms with Gasteiger partial charge in [0.2, 0.25) is 0 Å². The van der Waals surface area contributed by atoms with Gasteiger partial charge in [0.15, 0.2) is 6.10 Å². The van der Waals surface area contributed by atoms with Gasteiger partial charge in [-0.05, 0) is 35.9 Å². The van der Waals surface area contributed by atoms with Crippen LogP contribution in [0.15, 0.2) is 67.0 Å². The van der Waals surface area contributed by atoms with Crippen molar-refractivity contribution in [3.05, 3.63) is 83.9 Å². The Kier molecular flexibility index (Phi) is 4.77. The van der Waals surface area contributed by atoms with Crippen LogP contribution in [-0.2, 0) is 35.6 Å². The fraction of sp³-hybridized carbons (Fsp3) is 0.304. The first kappa shape index (κ1) is 17.9. The van der Waals surface area contributed by atoms with E-state index in [9.17, 15) is 4.79 Å². The highest BCUT2D eigenvalue weighted by molar-refractivity contribution is 5.82. The molecule has 0 aliphatic carbocycles. The van der Waals surface area contributed by atoms with Crippen molar-refractivity contribution in [1.29, 1.82) is 0 Å². The molecule has 2 atom stereocenters. The van der Waals surface area contributed by atoms with Crippen LogP contribution in [0.2, 0.25) is 0 Å². The second-order valence-electron chi connectivity index (χ2n) is 7.54. The molecule has 29 heavy (non-hydrogen) atoms. The fourth-order valence-corrected chi connectivity index (χ4v) is 4.04. The lowest BCUT2D eigenvalue weighted by molar-refractivity contribution is -0.140. The quantitative estimate of drug-likeness (QED) is 0.689. The molecule has 0 radical (unpaired) electrons. The molecule has 1 amide bonds. The number of hydrogen-bond donors (Lipinski definition) is 0. The van der Waals surface area contributed by atoms with E-state index in [4.69, 9.17) is 9.47 Å². The van der Waals surface area contributed by atoms with Crippen LogP contribution in [0.4, 0.5) is 0 Å². The van der Waals surface area contributed by atoms with Crippen LogP contribution in [0.25, 0.3) is 0 Å². The van der Waals surface area contributed by atoms with Gasteiger partial charge in [0.25, 0.3) is 5.91 Å². The first-order valence-electron chi connectivity index (χ1n) is 9.95. The first-order valence-corrected chi connectivity index (χ1v) is 9.95. The van der Waals surface area contributed by atoms with Gasteiger partial charge in [0.1, 0.15) is 5.75 Å². The number of benzene rings is 1. The van der Waals surface area contributed by atoms with Gasteiger partial charge in [-0.2, -0.15) is 0 Å². The van der Waals surface area contributed by atoms with Crippen molar-refractivity contribution < 1.29 is 14.3 Å². The second-order valence-corrected chi connectivity index (χ2v) is 7.54. The minimum Gasteiger partial charge on any atom is -0.480 e. The van der Waals surface area contributed by atoms with Crippen molar-refractivity contribution >= 4 is 5.91 Å². The predicted molar refractivity (Wildman–Crippen MR) is 107 cm³/mol. The summed E-state index contributed by atoms with van der Waals surface area (Å²) in [7, 11) is 0. The van der Waals surface area contributed by atoms with Crippen LogP contribution in [0.3, 0.4) is 0 Å². The van der Waals surface area contributed by atoms with Crippen molar-refractivity contribution in [2.75, 3.05) is 6.54 Å². The van der Waals surface area contributed by atoms with Crippen molar-refractivity contribution in [1.82, 2.24) is 14.5 Å². The number of hydrogen-bond acceptors (Lipinski definition) is 4. The number of aromatic nitrogens is 2. The molecule has 2 aliphatic heterocycles. The van der Waals surface area contributed by atoms with Gasteiger partial charge in [-0.1, -0.05) is 24.3 Å². The van der Waals surface area contributed by atoms with E-state index in [0.717, 1.165) is 22.7 Å². The Morgan fingerprint density at radius 3 is 2.86 bits per heavy atom. The predicted octanol–water partition coefficient (Wildman–Crippen LogP) is 2.81. The highest BCUT2D eigenvalue weighted by Crippen LogP contribution is 2.29. The third kappa shape index (κ3) is 3.76. The number of carbonyl (C=O) groups excluding carboxylic acids is 1. The summed E-state index contributed by atoms with van der Waals surface area (Å²) in [6, 6.07) is 17.7. The topological polar surface area (TPSA) is 56.6 Å². The fourth-order valence-electron chi connectivity index (χ4n) is 4.04.